The summed E-state index contributed by atoms with van der Waals surface area (Å²) >= 11 is 0. The monoisotopic (exact) mass is 560 g/mol. The van der Waals surface area contributed by atoms with Crippen LogP contribution in [0.3, 0.4) is 0 Å². The lowest BCUT2D eigenvalue weighted by Crippen LogP contribution is -2.58. The van der Waals surface area contributed by atoms with Crippen molar-refractivity contribution in [3.05, 3.63) is 35.9 Å². The Balaban J connectivity index is 1.56. The first-order chi connectivity index (χ1) is 18.5. The van der Waals surface area contributed by atoms with Gasteiger partial charge in [0.05, 0.1) is 33.0 Å². The number of hydrogen-bond donors (Lipinski definition) is 2. The third kappa shape index (κ3) is 6.68. The molecule has 0 radical (unpaired) electrons. The van der Waals surface area contributed by atoms with E-state index in [4.69, 9.17) is 9.47 Å². The summed E-state index contributed by atoms with van der Waals surface area (Å²) in [6.07, 6.45) is -8.30. The van der Waals surface area contributed by atoms with E-state index in [1.807, 2.05) is 17.9 Å². The predicted molar refractivity (Wildman–Crippen MR) is 131 cm³/mol. The molecule has 2 N–H and O–H groups in total. The first-order valence-electron chi connectivity index (χ1n) is 12.3. The molecule has 1 unspecified atom stereocenters. The lowest BCUT2D eigenvalue weighted by molar-refractivity contribution is -0.323. The summed E-state index contributed by atoms with van der Waals surface area (Å²) in [5.74, 6) is -4.16. The summed E-state index contributed by atoms with van der Waals surface area (Å²) in [7, 11) is 0. The van der Waals surface area contributed by atoms with E-state index < -0.39 is 37.4 Å². The maximum absolute atomic E-state index is 13.8. The second-order valence-corrected chi connectivity index (χ2v) is 9.11. The number of aryl methyl sites for hydroxylation is 1. The van der Waals surface area contributed by atoms with Gasteiger partial charge in [-0.2, -0.15) is 26.9 Å². The van der Waals surface area contributed by atoms with Crippen molar-refractivity contribution < 1.29 is 46.1 Å². The lowest BCUT2D eigenvalue weighted by Gasteiger charge is -2.37. The zero-order valence-corrected chi connectivity index (χ0v) is 21.1. The summed E-state index contributed by atoms with van der Waals surface area (Å²) in [5, 5.41) is 11.8. The standard InChI is InChI=1S/C25H29F5N4O5/c1-16-2-3-18(31-23(36)34-6-10-38-20(15-34)24(26,27)25(28,29)30)14-19(16)17-12-21(33-4-8-37-9-5-33)32-22(13-17)39-11-7-35/h2-3,12-14,20,35H,4-11,15H2,1H3,(H,31,36). The van der Waals surface area contributed by atoms with E-state index >= 15 is 0 Å². The summed E-state index contributed by atoms with van der Waals surface area (Å²) in [4.78, 5) is 20.3. The van der Waals surface area contributed by atoms with Crippen molar-refractivity contribution in [3.63, 3.8) is 0 Å². The summed E-state index contributed by atoms with van der Waals surface area (Å²) in [6, 6.07) is 7.74. The highest BCUT2D eigenvalue weighted by Crippen LogP contribution is 2.40. The van der Waals surface area contributed by atoms with Gasteiger partial charge in [-0.15, -0.1) is 0 Å². The van der Waals surface area contributed by atoms with Gasteiger partial charge in [-0.05, 0) is 41.8 Å². The molecule has 2 fully saturated rings. The molecule has 3 heterocycles. The minimum absolute atomic E-state index is 0.0437. The third-order valence-corrected chi connectivity index (χ3v) is 6.40. The maximum Gasteiger partial charge on any atom is 0.456 e. The number of nitrogens with one attached hydrogen (secondary N) is 1. The van der Waals surface area contributed by atoms with Crippen LogP contribution >= 0.6 is 0 Å². The van der Waals surface area contributed by atoms with Crippen LogP contribution in [0.15, 0.2) is 30.3 Å². The average molecular weight is 561 g/mol. The molecule has 2 amide bonds. The Labute approximate surface area is 221 Å². The van der Waals surface area contributed by atoms with Crippen molar-refractivity contribution >= 4 is 17.5 Å². The van der Waals surface area contributed by atoms with Gasteiger partial charge in [0.2, 0.25) is 5.88 Å². The molecule has 1 aromatic heterocycles. The number of halogens is 5. The number of carbonyl (C=O) groups is 1. The van der Waals surface area contributed by atoms with Gasteiger partial charge < -0.3 is 34.4 Å². The van der Waals surface area contributed by atoms with Gasteiger partial charge in [-0.3, -0.25) is 0 Å². The molecule has 9 nitrogen and oxygen atoms in total. The highest BCUT2D eigenvalue weighted by atomic mass is 19.4. The normalized spacial score (nSPS) is 18.7. The molecule has 0 bridgehead atoms. The van der Waals surface area contributed by atoms with Gasteiger partial charge >= 0.3 is 18.1 Å². The second-order valence-electron chi connectivity index (χ2n) is 9.11. The molecular weight excluding hydrogens is 531 g/mol. The Morgan fingerprint density at radius 3 is 2.56 bits per heavy atom. The number of rotatable bonds is 7. The van der Waals surface area contributed by atoms with Crippen molar-refractivity contribution in [2.24, 2.45) is 0 Å². The van der Waals surface area contributed by atoms with Crippen LogP contribution in [-0.2, 0) is 9.47 Å². The topological polar surface area (TPSA) is 96.4 Å². The molecule has 4 rings (SSSR count). The molecule has 2 aromatic rings. The molecule has 0 spiro atoms. The Kier molecular flexibility index (Phi) is 8.76. The van der Waals surface area contributed by atoms with Crippen molar-refractivity contribution in [1.82, 2.24) is 9.88 Å². The first-order valence-corrected chi connectivity index (χ1v) is 12.3. The number of aliphatic hydroxyl groups is 1. The van der Waals surface area contributed by atoms with Crippen LogP contribution in [0, 0.1) is 6.92 Å². The molecule has 2 aliphatic rings. The van der Waals surface area contributed by atoms with E-state index in [1.165, 1.54) is 0 Å². The van der Waals surface area contributed by atoms with E-state index in [0.717, 1.165) is 10.5 Å². The minimum atomic E-state index is -5.80. The second kappa shape index (κ2) is 11.9. The van der Waals surface area contributed by atoms with Gasteiger partial charge in [0.25, 0.3) is 0 Å². The smallest absolute Gasteiger partial charge is 0.456 e. The molecular formula is C25H29F5N4O5. The fourth-order valence-electron chi connectivity index (χ4n) is 4.27. The van der Waals surface area contributed by atoms with Gasteiger partial charge in [-0.1, -0.05) is 6.07 Å². The van der Waals surface area contributed by atoms with Gasteiger partial charge in [0.15, 0.2) is 0 Å². The van der Waals surface area contributed by atoms with Gasteiger partial charge in [-0.25, -0.2) is 4.79 Å². The zero-order valence-electron chi connectivity index (χ0n) is 21.1. The lowest BCUT2D eigenvalue weighted by atomic mass is 10.00. The van der Waals surface area contributed by atoms with Crippen molar-refractivity contribution in [3.8, 4) is 17.0 Å². The average Bonchev–Trinajstić information content (AvgIpc) is 2.92. The quantitative estimate of drug-likeness (QED) is 0.499. The van der Waals surface area contributed by atoms with E-state index in [9.17, 15) is 31.9 Å². The van der Waals surface area contributed by atoms with Crippen LogP contribution < -0.4 is 15.0 Å². The fraction of sp³-hybridized carbons (Fsp3) is 0.520. The van der Waals surface area contributed by atoms with Crippen LogP contribution in [-0.4, -0.2) is 98.4 Å². The number of anilines is 2. The van der Waals surface area contributed by atoms with Gasteiger partial charge in [0.1, 0.15) is 18.5 Å². The zero-order chi connectivity index (χ0) is 28.2. The number of hydrogen-bond acceptors (Lipinski definition) is 7. The predicted octanol–water partition coefficient (Wildman–Crippen LogP) is 3.70. The summed E-state index contributed by atoms with van der Waals surface area (Å²) in [5.41, 5.74) is 2.58. The molecule has 2 saturated heterocycles. The number of nitrogens with zero attached hydrogens (tertiary/aromatic N) is 3. The molecule has 0 aliphatic carbocycles. The SMILES string of the molecule is Cc1ccc(NC(=O)N2CCOC(C(F)(F)C(F)(F)F)C2)cc1-c1cc(OCCO)nc(N2CCOCC2)c1. The third-order valence-electron chi connectivity index (χ3n) is 6.40. The summed E-state index contributed by atoms with van der Waals surface area (Å²) in [6.45, 7) is 2.50. The van der Waals surface area contributed by atoms with E-state index in [-0.39, 0.29) is 19.8 Å². The number of aromatic nitrogens is 1. The fourth-order valence-corrected chi connectivity index (χ4v) is 4.27. The van der Waals surface area contributed by atoms with Gasteiger partial charge in [0, 0.05) is 31.4 Å². The Morgan fingerprint density at radius 1 is 1.13 bits per heavy atom. The van der Waals surface area contributed by atoms with Crippen molar-refractivity contribution in [1.29, 1.82) is 0 Å². The molecule has 1 atom stereocenters. The number of urea groups is 1. The number of aliphatic hydroxyl groups excluding tert-OH is 1. The van der Waals surface area contributed by atoms with Crippen molar-refractivity contribution in [2.75, 3.05) is 69.4 Å². The molecule has 2 aliphatic heterocycles. The molecule has 14 heteroatoms. The Bertz CT molecular complexity index is 1160. The van der Waals surface area contributed by atoms with E-state index in [2.05, 4.69) is 15.0 Å². The molecule has 0 saturated carbocycles. The van der Waals surface area contributed by atoms with Crippen LogP contribution in [0.5, 0.6) is 5.88 Å². The minimum Gasteiger partial charge on any atom is -0.475 e. The number of amides is 2. The molecule has 214 valence electrons. The van der Waals surface area contributed by atoms with Crippen LogP contribution in [0.4, 0.5) is 38.3 Å². The van der Waals surface area contributed by atoms with Crippen LogP contribution in [0.25, 0.3) is 11.1 Å². The highest BCUT2D eigenvalue weighted by Gasteiger charge is 2.64. The number of benzene rings is 1. The highest BCUT2D eigenvalue weighted by molar-refractivity contribution is 5.90. The number of pyridine rings is 1. The first kappa shape index (κ1) is 28.8. The van der Waals surface area contributed by atoms with E-state index in [1.54, 1.807) is 24.3 Å². The maximum atomic E-state index is 13.8. The number of alkyl halides is 5. The Morgan fingerprint density at radius 2 is 1.87 bits per heavy atom. The Hall–Kier alpha value is -3.23. The number of ether oxygens (including phenoxy) is 3. The van der Waals surface area contributed by atoms with Crippen molar-refractivity contribution in [2.45, 2.75) is 25.1 Å². The molecule has 39 heavy (non-hydrogen) atoms. The molecule has 1 aromatic carbocycles. The van der Waals surface area contributed by atoms with Crippen LogP contribution in [0.1, 0.15) is 5.56 Å². The van der Waals surface area contributed by atoms with Crippen LogP contribution in [0.2, 0.25) is 0 Å². The number of morpholine rings is 2. The number of carbonyl (C=O) groups excluding carboxylic acids is 1. The van der Waals surface area contributed by atoms with E-state index in [0.29, 0.717) is 54.8 Å². The largest absolute Gasteiger partial charge is 0.475 e. The summed E-state index contributed by atoms with van der Waals surface area (Å²) < 4.78 is 81.6.